The van der Waals surface area contributed by atoms with Gasteiger partial charge in [0.05, 0.1) is 11.3 Å². The normalized spacial score (nSPS) is 11.2. The van der Waals surface area contributed by atoms with Gasteiger partial charge in [-0.25, -0.2) is 0 Å². The Morgan fingerprint density at radius 1 is 1.35 bits per heavy atom. The van der Waals surface area contributed by atoms with Crippen molar-refractivity contribution in [3.05, 3.63) is 39.4 Å². The lowest BCUT2D eigenvalue weighted by molar-refractivity contribution is -0.385. The van der Waals surface area contributed by atoms with E-state index in [4.69, 9.17) is 4.74 Å². The van der Waals surface area contributed by atoms with Crippen molar-refractivity contribution in [2.75, 3.05) is 0 Å². The van der Waals surface area contributed by atoms with Gasteiger partial charge in [-0.05, 0) is 32.8 Å². The van der Waals surface area contributed by atoms with E-state index in [0.717, 1.165) is 6.42 Å². The molecule has 5 heteroatoms. The number of nitrogens with zero attached hydrogens (tertiary/aromatic N) is 1. The molecule has 0 unspecified atom stereocenters. The summed E-state index contributed by atoms with van der Waals surface area (Å²) < 4.78 is 5.21. The predicted molar refractivity (Wildman–Crippen MR) is 76.6 cm³/mol. The minimum Gasteiger partial charge on any atom is -0.460 e. The van der Waals surface area contributed by atoms with Gasteiger partial charge in [0.2, 0.25) is 0 Å². The van der Waals surface area contributed by atoms with Gasteiger partial charge in [0.25, 0.3) is 5.69 Å². The fourth-order valence-corrected chi connectivity index (χ4v) is 1.91. The van der Waals surface area contributed by atoms with Gasteiger partial charge < -0.3 is 4.74 Å². The Labute approximate surface area is 119 Å². The molecule has 0 spiro atoms. The first-order valence-electron chi connectivity index (χ1n) is 6.71. The highest BCUT2D eigenvalue weighted by atomic mass is 16.6. The van der Waals surface area contributed by atoms with Crippen LogP contribution in [0.5, 0.6) is 0 Å². The Morgan fingerprint density at radius 3 is 2.50 bits per heavy atom. The summed E-state index contributed by atoms with van der Waals surface area (Å²) in [6.07, 6.45) is 1.54. The molecule has 20 heavy (non-hydrogen) atoms. The van der Waals surface area contributed by atoms with Crippen molar-refractivity contribution in [1.82, 2.24) is 0 Å². The van der Waals surface area contributed by atoms with Gasteiger partial charge in [-0.15, -0.1) is 0 Å². The Kier molecular flexibility index (Phi) is 5.25. The molecule has 0 heterocycles. The van der Waals surface area contributed by atoms with Crippen molar-refractivity contribution in [3.63, 3.8) is 0 Å². The van der Waals surface area contributed by atoms with Gasteiger partial charge in [0.1, 0.15) is 5.60 Å². The number of esters is 1. The molecule has 0 atom stereocenters. The van der Waals surface area contributed by atoms with E-state index in [0.29, 0.717) is 17.5 Å². The van der Waals surface area contributed by atoms with Gasteiger partial charge in [-0.1, -0.05) is 25.5 Å². The maximum Gasteiger partial charge on any atom is 0.310 e. The molecule has 0 aromatic heterocycles. The van der Waals surface area contributed by atoms with Crippen LogP contribution in [-0.2, 0) is 22.4 Å². The maximum atomic E-state index is 11.7. The Bertz CT molecular complexity index is 503. The molecule has 0 bridgehead atoms. The van der Waals surface area contributed by atoms with E-state index in [1.54, 1.807) is 32.9 Å². The second-order valence-corrected chi connectivity index (χ2v) is 5.73. The number of benzene rings is 1. The minimum atomic E-state index is -0.550. The van der Waals surface area contributed by atoms with E-state index in [1.165, 1.54) is 6.07 Å². The van der Waals surface area contributed by atoms with Crippen LogP contribution in [0.2, 0.25) is 0 Å². The van der Waals surface area contributed by atoms with E-state index >= 15 is 0 Å². The number of ether oxygens (including phenoxy) is 1. The van der Waals surface area contributed by atoms with Crippen LogP contribution in [0, 0.1) is 10.1 Å². The highest BCUT2D eigenvalue weighted by Crippen LogP contribution is 2.22. The first-order valence-corrected chi connectivity index (χ1v) is 6.71. The Morgan fingerprint density at radius 2 is 2.00 bits per heavy atom. The zero-order valence-electron chi connectivity index (χ0n) is 12.4. The van der Waals surface area contributed by atoms with Crippen LogP contribution in [0.3, 0.4) is 0 Å². The van der Waals surface area contributed by atoms with Gasteiger partial charge in [0, 0.05) is 11.6 Å². The molecular weight excluding hydrogens is 258 g/mol. The molecule has 110 valence electrons. The number of hydrogen-bond acceptors (Lipinski definition) is 4. The summed E-state index contributed by atoms with van der Waals surface area (Å²) in [7, 11) is 0. The molecule has 0 saturated heterocycles. The lowest BCUT2D eigenvalue weighted by Crippen LogP contribution is -2.24. The summed E-state index contributed by atoms with van der Waals surface area (Å²) in [5.74, 6) is -0.380. The SMILES string of the molecule is CCCc1ccc(CC(=O)OC(C)(C)C)cc1[N+](=O)[O-]. The lowest BCUT2D eigenvalue weighted by atomic mass is 10.0. The highest BCUT2D eigenvalue weighted by Gasteiger charge is 2.19. The molecule has 1 rings (SSSR count). The molecule has 5 nitrogen and oxygen atoms in total. The fourth-order valence-electron chi connectivity index (χ4n) is 1.91. The first-order chi connectivity index (χ1) is 9.23. The maximum absolute atomic E-state index is 11.7. The molecule has 0 aliphatic carbocycles. The van der Waals surface area contributed by atoms with Crippen molar-refractivity contribution >= 4 is 11.7 Å². The molecule has 0 fully saturated rings. The smallest absolute Gasteiger partial charge is 0.310 e. The monoisotopic (exact) mass is 279 g/mol. The van der Waals surface area contributed by atoms with Crippen LogP contribution < -0.4 is 0 Å². The van der Waals surface area contributed by atoms with E-state index < -0.39 is 10.5 Å². The molecule has 0 aliphatic heterocycles. The summed E-state index contributed by atoms with van der Waals surface area (Å²) in [6, 6.07) is 4.94. The third-order valence-electron chi connectivity index (χ3n) is 2.63. The van der Waals surface area contributed by atoms with E-state index in [-0.39, 0.29) is 18.1 Å². The zero-order chi connectivity index (χ0) is 15.3. The predicted octanol–water partition coefficient (Wildman–Crippen LogP) is 3.43. The van der Waals surface area contributed by atoms with Crippen LogP contribution in [0.4, 0.5) is 5.69 Å². The largest absolute Gasteiger partial charge is 0.460 e. The van der Waals surface area contributed by atoms with Crippen molar-refractivity contribution in [3.8, 4) is 0 Å². The molecule has 0 aliphatic rings. The van der Waals surface area contributed by atoms with Crippen LogP contribution in [0.1, 0.15) is 45.2 Å². The summed E-state index contributed by atoms with van der Waals surface area (Å²) >= 11 is 0. The van der Waals surface area contributed by atoms with Gasteiger partial charge in [0.15, 0.2) is 0 Å². The number of carbonyl (C=O) groups excluding carboxylic acids is 1. The third-order valence-corrected chi connectivity index (χ3v) is 2.63. The van der Waals surface area contributed by atoms with Crippen molar-refractivity contribution in [2.24, 2.45) is 0 Å². The van der Waals surface area contributed by atoms with E-state index in [1.807, 2.05) is 6.92 Å². The summed E-state index contributed by atoms with van der Waals surface area (Å²) in [4.78, 5) is 22.4. The lowest BCUT2D eigenvalue weighted by Gasteiger charge is -2.19. The van der Waals surface area contributed by atoms with Crippen molar-refractivity contribution < 1.29 is 14.5 Å². The van der Waals surface area contributed by atoms with E-state index in [2.05, 4.69) is 0 Å². The fraction of sp³-hybridized carbons (Fsp3) is 0.533. The summed E-state index contributed by atoms with van der Waals surface area (Å²) in [5.41, 5.74) is 0.828. The molecule has 0 N–H and O–H groups in total. The van der Waals surface area contributed by atoms with Crippen molar-refractivity contribution in [1.29, 1.82) is 0 Å². The summed E-state index contributed by atoms with van der Waals surface area (Å²) in [6.45, 7) is 7.34. The first kappa shape index (κ1) is 16.1. The number of hydrogen-bond donors (Lipinski definition) is 0. The summed E-state index contributed by atoms with van der Waals surface area (Å²) in [5, 5.41) is 11.1. The second-order valence-electron chi connectivity index (χ2n) is 5.73. The van der Waals surface area contributed by atoms with Gasteiger partial charge in [-0.3, -0.25) is 14.9 Å². The number of nitro benzene ring substituents is 1. The average Bonchev–Trinajstić information content (AvgIpc) is 2.28. The average molecular weight is 279 g/mol. The Balaban J connectivity index is 2.90. The van der Waals surface area contributed by atoms with Gasteiger partial charge >= 0.3 is 5.97 Å². The zero-order valence-corrected chi connectivity index (χ0v) is 12.4. The molecule has 0 saturated carbocycles. The second kappa shape index (κ2) is 6.50. The minimum absolute atomic E-state index is 0.0461. The number of carbonyl (C=O) groups is 1. The van der Waals surface area contributed by atoms with Crippen LogP contribution in [0.15, 0.2) is 18.2 Å². The standard InChI is InChI=1S/C15H21NO4/c1-5-6-12-8-7-11(9-13(12)16(18)19)10-14(17)20-15(2,3)4/h7-9H,5-6,10H2,1-4H3. The number of nitro groups is 1. The molecular formula is C15H21NO4. The molecule has 1 aromatic carbocycles. The van der Waals surface area contributed by atoms with Crippen molar-refractivity contribution in [2.45, 2.75) is 52.6 Å². The highest BCUT2D eigenvalue weighted by molar-refractivity contribution is 5.73. The number of aryl methyl sites for hydroxylation is 1. The molecule has 0 amide bonds. The van der Waals surface area contributed by atoms with Crippen LogP contribution in [0.25, 0.3) is 0 Å². The quantitative estimate of drug-likeness (QED) is 0.470. The molecule has 0 radical (unpaired) electrons. The topological polar surface area (TPSA) is 69.4 Å². The number of rotatable bonds is 5. The molecule has 1 aromatic rings. The third kappa shape index (κ3) is 4.99. The van der Waals surface area contributed by atoms with Crippen LogP contribution >= 0.6 is 0 Å². The Hall–Kier alpha value is -1.91. The van der Waals surface area contributed by atoms with Crippen LogP contribution in [-0.4, -0.2) is 16.5 Å². The van der Waals surface area contributed by atoms with E-state index in [9.17, 15) is 14.9 Å². The van der Waals surface area contributed by atoms with Gasteiger partial charge in [-0.2, -0.15) is 0 Å².